The summed E-state index contributed by atoms with van der Waals surface area (Å²) < 4.78 is 5.59. The highest BCUT2D eigenvalue weighted by Crippen LogP contribution is 2.39. The number of aromatic nitrogens is 3. The summed E-state index contributed by atoms with van der Waals surface area (Å²) in [4.78, 5) is 16.7. The molecule has 0 amide bonds. The predicted octanol–water partition coefficient (Wildman–Crippen LogP) is 3.59. The first-order valence-electron chi connectivity index (χ1n) is 8.53. The van der Waals surface area contributed by atoms with Crippen LogP contribution in [0.3, 0.4) is 0 Å². The number of carbonyl (C=O) groups excluding carboxylic acids is 1. The maximum Gasteiger partial charge on any atom is 0.146 e. The summed E-state index contributed by atoms with van der Waals surface area (Å²) in [6, 6.07) is 9.12. The maximum atomic E-state index is 8.00. The lowest BCUT2D eigenvalue weighted by Gasteiger charge is -2.27. The van der Waals surface area contributed by atoms with Crippen LogP contribution in [0.1, 0.15) is 30.9 Å². The van der Waals surface area contributed by atoms with E-state index in [0.717, 1.165) is 23.1 Å². The lowest BCUT2D eigenvalue weighted by atomic mass is 9.93. The lowest BCUT2D eigenvalue weighted by molar-refractivity contribution is -0.0979. The fourth-order valence-electron chi connectivity index (χ4n) is 3.27. The Bertz CT molecular complexity index is 891. The summed E-state index contributed by atoms with van der Waals surface area (Å²) in [6.45, 7) is 2.84. The van der Waals surface area contributed by atoms with E-state index < -0.39 is 0 Å². The maximum absolute atomic E-state index is 8.00. The van der Waals surface area contributed by atoms with Gasteiger partial charge in [0.25, 0.3) is 0 Å². The molecule has 3 N–H and O–H groups in total. The lowest BCUT2D eigenvalue weighted by Crippen LogP contribution is -2.16. The minimum atomic E-state index is 0.539. The van der Waals surface area contributed by atoms with Crippen molar-refractivity contribution in [2.24, 2.45) is 0 Å². The smallest absolute Gasteiger partial charge is 0.146 e. The van der Waals surface area contributed by atoms with Crippen molar-refractivity contribution in [3.8, 4) is 11.1 Å². The number of nitrogen functional groups attached to an aromatic ring is 1. The van der Waals surface area contributed by atoms with E-state index in [2.05, 4.69) is 49.7 Å². The van der Waals surface area contributed by atoms with Gasteiger partial charge in [0.1, 0.15) is 24.6 Å². The molecule has 2 aromatic heterocycles. The number of nitrogens with one attached hydrogen (secondary N) is 1. The Balaban J connectivity index is 0.000000948. The van der Waals surface area contributed by atoms with Crippen LogP contribution in [0.5, 0.6) is 0 Å². The van der Waals surface area contributed by atoms with Crippen LogP contribution in [0.25, 0.3) is 22.2 Å². The minimum Gasteiger partial charge on any atom is -0.383 e. The summed E-state index contributed by atoms with van der Waals surface area (Å²) in [6.07, 6.45) is 9.52. The highest BCUT2D eigenvalue weighted by molar-refractivity contribution is 7.96. The number of carbonyl (C=O) groups is 1. The molecule has 7 heteroatoms. The Kier molecular flexibility index (Phi) is 5.90. The third-order valence-electron chi connectivity index (χ3n) is 4.77. The zero-order valence-electron chi connectivity index (χ0n) is 14.8. The van der Waals surface area contributed by atoms with Crippen molar-refractivity contribution in [2.45, 2.75) is 31.8 Å². The summed E-state index contributed by atoms with van der Waals surface area (Å²) >= 11 is 1.63. The molecular weight excluding hydrogens is 346 g/mol. The molecule has 26 heavy (non-hydrogen) atoms. The fourth-order valence-corrected chi connectivity index (χ4v) is 3.59. The van der Waals surface area contributed by atoms with E-state index in [1.165, 1.54) is 30.4 Å². The standard InChI is InChI=1S/C18H21N5S.CH2O/c1-24-22-9-12-4-2-5-13(8-12)15-10-23(14-6-3-7-14)18-16(15)17(19)20-11-21-18;1-2/h2,4-5,8,10-11,14,22H,3,6-7,9H2,1H3,(H2,19,20,21);1H2. The molecule has 0 saturated heterocycles. The van der Waals surface area contributed by atoms with Crippen molar-refractivity contribution >= 4 is 35.6 Å². The van der Waals surface area contributed by atoms with Gasteiger partial charge >= 0.3 is 0 Å². The molecule has 1 saturated carbocycles. The van der Waals surface area contributed by atoms with Crippen LogP contribution in [0.4, 0.5) is 5.82 Å². The number of hydrogen-bond donors (Lipinski definition) is 2. The molecule has 4 rings (SSSR count). The molecule has 0 unspecified atom stereocenters. The second-order valence-electron chi connectivity index (χ2n) is 6.22. The fraction of sp³-hybridized carbons (Fsp3) is 0.316. The van der Waals surface area contributed by atoms with Crippen LogP contribution in [0.2, 0.25) is 0 Å². The van der Waals surface area contributed by atoms with Gasteiger partial charge in [-0.2, -0.15) is 0 Å². The van der Waals surface area contributed by atoms with Crippen molar-refractivity contribution < 1.29 is 4.79 Å². The van der Waals surface area contributed by atoms with Crippen molar-refractivity contribution in [1.82, 2.24) is 19.3 Å². The Morgan fingerprint density at radius 3 is 2.85 bits per heavy atom. The minimum absolute atomic E-state index is 0.539. The number of anilines is 1. The zero-order chi connectivity index (χ0) is 18.5. The van der Waals surface area contributed by atoms with E-state index in [4.69, 9.17) is 10.5 Å². The van der Waals surface area contributed by atoms with Crippen LogP contribution < -0.4 is 10.5 Å². The van der Waals surface area contributed by atoms with E-state index in [-0.39, 0.29) is 0 Å². The van der Waals surface area contributed by atoms with Gasteiger partial charge in [-0.1, -0.05) is 30.1 Å². The van der Waals surface area contributed by atoms with E-state index in [9.17, 15) is 0 Å². The van der Waals surface area contributed by atoms with E-state index >= 15 is 0 Å². The van der Waals surface area contributed by atoms with Crippen LogP contribution in [-0.4, -0.2) is 27.6 Å². The highest BCUT2D eigenvalue weighted by Gasteiger charge is 2.24. The van der Waals surface area contributed by atoms with Crippen LogP contribution >= 0.6 is 11.9 Å². The van der Waals surface area contributed by atoms with E-state index in [0.29, 0.717) is 11.9 Å². The van der Waals surface area contributed by atoms with Crippen molar-refractivity contribution in [3.63, 3.8) is 0 Å². The SMILES string of the molecule is C=O.CSNCc1cccc(-c2cn(C3CCC3)c3ncnc(N)c23)c1. The average Bonchev–Trinajstić information content (AvgIpc) is 3.01. The molecule has 1 aromatic carbocycles. The molecule has 136 valence electrons. The van der Waals surface area contributed by atoms with E-state index in [1.807, 2.05) is 13.0 Å². The summed E-state index contributed by atoms with van der Waals surface area (Å²) in [5.41, 5.74) is 10.7. The molecule has 0 radical (unpaired) electrons. The summed E-state index contributed by atoms with van der Waals surface area (Å²) in [7, 11) is 0. The first-order valence-corrected chi connectivity index (χ1v) is 9.75. The number of nitrogens with two attached hydrogens (primary N) is 1. The van der Waals surface area contributed by atoms with Gasteiger partial charge in [0, 0.05) is 24.3 Å². The van der Waals surface area contributed by atoms with Gasteiger partial charge in [-0.15, -0.1) is 0 Å². The molecule has 3 aromatic rings. The second kappa shape index (κ2) is 8.33. The largest absolute Gasteiger partial charge is 0.383 e. The molecule has 6 nitrogen and oxygen atoms in total. The van der Waals surface area contributed by atoms with Crippen molar-refractivity contribution in [3.05, 3.63) is 42.4 Å². The number of nitrogens with zero attached hydrogens (tertiary/aromatic N) is 3. The van der Waals surface area contributed by atoms with Gasteiger partial charge in [-0.25, -0.2) is 9.97 Å². The second-order valence-corrected chi connectivity index (χ2v) is 6.91. The van der Waals surface area contributed by atoms with E-state index in [1.54, 1.807) is 18.3 Å². The van der Waals surface area contributed by atoms with Crippen molar-refractivity contribution in [2.75, 3.05) is 12.0 Å². The Labute approximate surface area is 157 Å². The predicted molar refractivity (Wildman–Crippen MR) is 108 cm³/mol. The third kappa shape index (κ3) is 3.45. The highest BCUT2D eigenvalue weighted by atomic mass is 32.2. The summed E-state index contributed by atoms with van der Waals surface area (Å²) in [5.74, 6) is 0.556. The summed E-state index contributed by atoms with van der Waals surface area (Å²) in [5, 5.41) is 0.972. The van der Waals surface area contributed by atoms with Crippen LogP contribution in [-0.2, 0) is 11.3 Å². The zero-order valence-corrected chi connectivity index (χ0v) is 15.6. The van der Waals surface area contributed by atoms with Gasteiger partial charge in [-0.05, 0) is 42.7 Å². The topological polar surface area (TPSA) is 85.8 Å². The van der Waals surface area contributed by atoms with Crippen LogP contribution in [0, 0.1) is 0 Å². The van der Waals surface area contributed by atoms with Gasteiger partial charge < -0.3 is 15.1 Å². The molecule has 1 fully saturated rings. The van der Waals surface area contributed by atoms with Crippen LogP contribution in [0.15, 0.2) is 36.8 Å². The number of hydrogen-bond acceptors (Lipinski definition) is 6. The van der Waals surface area contributed by atoms with Gasteiger partial charge in [0.2, 0.25) is 0 Å². The molecule has 2 heterocycles. The van der Waals surface area contributed by atoms with Gasteiger partial charge in [0.15, 0.2) is 0 Å². The normalized spacial score (nSPS) is 13.9. The Morgan fingerprint density at radius 2 is 2.15 bits per heavy atom. The Hall–Kier alpha value is -2.38. The number of rotatable bonds is 5. The number of benzene rings is 1. The van der Waals surface area contributed by atoms with Gasteiger partial charge in [-0.3, -0.25) is 4.72 Å². The molecule has 1 aliphatic rings. The quantitative estimate of drug-likeness (QED) is 0.669. The molecule has 0 spiro atoms. The molecule has 0 bridgehead atoms. The monoisotopic (exact) mass is 369 g/mol. The molecule has 0 aliphatic heterocycles. The molecular formula is C19H23N5OS. The first-order chi connectivity index (χ1) is 12.8. The first kappa shape index (κ1) is 18.4. The Morgan fingerprint density at radius 1 is 1.35 bits per heavy atom. The number of fused-ring (bicyclic) bond motifs is 1. The third-order valence-corrected chi connectivity index (χ3v) is 5.20. The van der Waals surface area contributed by atoms with Crippen molar-refractivity contribution in [1.29, 1.82) is 0 Å². The average molecular weight is 369 g/mol. The molecule has 1 aliphatic carbocycles. The molecule has 0 atom stereocenters. The van der Waals surface area contributed by atoms with Gasteiger partial charge in [0.05, 0.1) is 5.39 Å².